The Balaban J connectivity index is 2.34. The highest BCUT2D eigenvalue weighted by molar-refractivity contribution is 4.95. The summed E-state index contributed by atoms with van der Waals surface area (Å²) in [5, 5.41) is 0. The molecule has 1 aliphatic rings. The van der Waals surface area contributed by atoms with Crippen LogP contribution in [0.5, 0.6) is 0 Å². The topological polar surface area (TPSA) is 12.5 Å². The minimum atomic E-state index is 0.385. The van der Waals surface area contributed by atoms with Crippen LogP contribution in [-0.4, -0.2) is 37.7 Å². The maximum Gasteiger partial charge on any atom is 0.0650 e. The van der Waals surface area contributed by atoms with Crippen molar-refractivity contribution in [2.75, 3.05) is 27.3 Å². The molecule has 1 rings (SSSR count). The Morgan fingerprint density at radius 3 is 2.27 bits per heavy atom. The molecular formula is C9H19NO. The van der Waals surface area contributed by atoms with Gasteiger partial charge in [0.15, 0.2) is 0 Å². The van der Waals surface area contributed by atoms with Crippen molar-refractivity contribution in [2.45, 2.75) is 31.7 Å². The largest absolute Gasteiger partial charge is 0.380 e. The SMILES string of the molecule is CCOCC1(N(C)C)CCC1. The minimum absolute atomic E-state index is 0.385. The van der Waals surface area contributed by atoms with Gasteiger partial charge in [-0.2, -0.15) is 0 Å². The Kier molecular flexibility index (Phi) is 2.90. The van der Waals surface area contributed by atoms with Crippen LogP contribution in [0.4, 0.5) is 0 Å². The lowest BCUT2D eigenvalue weighted by atomic mass is 9.76. The molecule has 1 saturated carbocycles. The number of likely N-dealkylation sites (N-methyl/N-ethyl adjacent to an activating group) is 1. The summed E-state index contributed by atoms with van der Waals surface area (Å²) < 4.78 is 5.46. The third kappa shape index (κ3) is 1.74. The molecule has 0 aromatic heterocycles. The van der Waals surface area contributed by atoms with E-state index in [-0.39, 0.29) is 0 Å². The highest BCUT2D eigenvalue weighted by Crippen LogP contribution is 2.36. The van der Waals surface area contributed by atoms with E-state index in [2.05, 4.69) is 25.9 Å². The molecule has 0 bridgehead atoms. The third-order valence-corrected chi connectivity index (χ3v) is 2.81. The summed E-state index contributed by atoms with van der Waals surface area (Å²) in [4.78, 5) is 2.31. The van der Waals surface area contributed by atoms with Crippen LogP contribution in [0.2, 0.25) is 0 Å². The molecule has 0 amide bonds. The van der Waals surface area contributed by atoms with Crippen molar-refractivity contribution in [3.8, 4) is 0 Å². The second kappa shape index (κ2) is 3.55. The number of rotatable bonds is 4. The van der Waals surface area contributed by atoms with E-state index in [0.29, 0.717) is 5.54 Å². The molecule has 0 spiro atoms. The van der Waals surface area contributed by atoms with Gasteiger partial charge in [0.1, 0.15) is 0 Å². The maximum absolute atomic E-state index is 5.46. The summed E-state index contributed by atoms with van der Waals surface area (Å²) in [5.74, 6) is 0. The van der Waals surface area contributed by atoms with Crippen molar-refractivity contribution in [2.24, 2.45) is 0 Å². The summed E-state index contributed by atoms with van der Waals surface area (Å²) in [5.41, 5.74) is 0.385. The molecule has 0 saturated heterocycles. The van der Waals surface area contributed by atoms with Crippen molar-refractivity contribution in [3.05, 3.63) is 0 Å². The molecule has 11 heavy (non-hydrogen) atoms. The summed E-state index contributed by atoms with van der Waals surface area (Å²) in [6.45, 7) is 3.81. The second-order valence-corrected chi connectivity index (χ2v) is 3.61. The van der Waals surface area contributed by atoms with E-state index in [1.807, 2.05) is 0 Å². The number of ether oxygens (including phenoxy) is 1. The second-order valence-electron chi connectivity index (χ2n) is 3.61. The zero-order chi connectivity index (χ0) is 8.32. The van der Waals surface area contributed by atoms with Gasteiger partial charge in [-0.1, -0.05) is 0 Å². The normalized spacial score (nSPS) is 21.8. The van der Waals surface area contributed by atoms with Gasteiger partial charge in [-0.3, -0.25) is 0 Å². The van der Waals surface area contributed by atoms with Crippen LogP contribution in [0.25, 0.3) is 0 Å². The Bertz CT molecular complexity index is 119. The van der Waals surface area contributed by atoms with E-state index < -0.39 is 0 Å². The zero-order valence-corrected chi connectivity index (χ0v) is 7.89. The van der Waals surface area contributed by atoms with Crippen LogP contribution < -0.4 is 0 Å². The molecule has 0 N–H and O–H groups in total. The molecule has 66 valence electrons. The van der Waals surface area contributed by atoms with Gasteiger partial charge in [0.05, 0.1) is 6.61 Å². The van der Waals surface area contributed by atoms with Gasteiger partial charge >= 0.3 is 0 Å². The fourth-order valence-corrected chi connectivity index (χ4v) is 1.60. The molecule has 1 fully saturated rings. The summed E-state index contributed by atoms with van der Waals surface area (Å²) in [7, 11) is 4.30. The summed E-state index contributed by atoms with van der Waals surface area (Å²) >= 11 is 0. The van der Waals surface area contributed by atoms with Crippen LogP contribution in [-0.2, 0) is 4.74 Å². The van der Waals surface area contributed by atoms with Crippen molar-refractivity contribution in [1.29, 1.82) is 0 Å². The lowest BCUT2D eigenvalue weighted by Crippen LogP contribution is -2.53. The molecule has 1 aliphatic carbocycles. The quantitative estimate of drug-likeness (QED) is 0.613. The summed E-state index contributed by atoms with van der Waals surface area (Å²) in [6, 6.07) is 0. The molecule has 0 unspecified atom stereocenters. The highest BCUT2D eigenvalue weighted by atomic mass is 16.5. The number of nitrogens with zero attached hydrogens (tertiary/aromatic N) is 1. The van der Waals surface area contributed by atoms with Gasteiger partial charge in [0, 0.05) is 12.1 Å². The van der Waals surface area contributed by atoms with E-state index in [0.717, 1.165) is 13.2 Å². The zero-order valence-electron chi connectivity index (χ0n) is 7.89. The van der Waals surface area contributed by atoms with Gasteiger partial charge in [-0.15, -0.1) is 0 Å². The van der Waals surface area contributed by atoms with E-state index in [1.165, 1.54) is 19.3 Å². The monoisotopic (exact) mass is 157 g/mol. The first-order valence-electron chi connectivity index (χ1n) is 4.46. The minimum Gasteiger partial charge on any atom is -0.380 e. The van der Waals surface area contributed by atoms with Crippen molar-refractivity contribution in [1.82, 2.24) is 4.90 Å². The van der Waals surface area contributed by atoms with Gasteiger partial charge < -0.3 is 9.64 Å². The fourth-order valence-electron chi connectivity index (χ4n) is 1.60. The standard InChI is InChI=1S/C9H19NO/c1-4-11-8-9(10(2)3)6-5-7-9/h4-8H2,1-3H3. The van der Waals surface area contributed by atoms with Crippen molar-refractivity contribution < 1.29 is 4.74 Å². The van der Waals surface area contributed by atoms with E-state index >= 15 is 0 Å². The molecule has 0 aliphatic heterocycles. The van der Waals surface area contributed by atoms with Crippen LogP contribution in [0.3, 0.4) is 0 Å². The molecular weight excluding hydrogens is 138 g/mol. The molecule has 0 heterocycles. The average Bonchev–Trinajstić information content (AvgIpc) is 1.85. The third-order valence-electron chi connectivity index (χ3n) is 2.81. The van der Waals surface area contributed by atoms with Gasteiger partial charge in [0.2, 0.25) is 0 Å². The predicted molar refractivity (Wildman–Crippen MR) is 46.8 cm³/mol. The number of hydrogen-bond acceptors (Lipinski definition) is 2. The Morgan fingerprint density at radius 1 is 1.36 bits per heavy atom. The predicted octanol–water partition coefficient (Wildman–Crippen LogP) is 1.51. The number of hydrogen-bond donors (Lipinski definition) is 0. The van der Waals surface area contributed by atoms with Crippen molar-refractivity contribution >= 4 is 0 Å². The van der Waals surface area contributed by atoms with Crippen LogP contribution >= 0.6 is 0 Å². The Labute approximate surface area is 69.5 Å². The van der Waals surface area contributed by atoms with E-state index in [9.17, 15) is 0 Å². The van der Waals surface area contributed by atoms with E-state index in [4.69, 9.17) is 4.74 Å². The van der Waals surface area contributed by atoms with Crippen LogP contribution in [0.1, 0.15) is 26.2 Å². The molecule has 0 aromatic carbocycles. The van der Waals surface area contributed by atoms with Crippen LogP contribution in [0, 0.1) is 0 Å². The van der Waals surface area contributed by atoms with Gasteiger partial charge in [-0.25, -0.2) is 0 Å². The lowest BCUT2D eigenvalue weighted by Gasteiger charge is -2.46. The molecule has 2 heteroatoms. The Morgan fingerprint density at radius 2 is 2.00 bits per heavy atom. The highest BCUT2D eigenvalue weighted by Gasteiger charge is 2.38. The van der Waals surface area contributed by atoms with Crippen LogP contribution in [0.15, 0.2) is 0 Å². The van der Waals surface area contributed by atoms with Gasteiger partial charge in [0.25, 0.3) is 0 Å². The average molecular weight is 157 g/mol. The molecule has 0 aromatic rings. The Hall–Kier alpha value is -0.0800. The molecule has 2 nitrogen and oxygen atoms in total. The first-order valence-corrected chi connectivity index (χ1v) is 4.46. The fraction of sp³-hybridized carbons (Fsp3) is 1.00. The molecule has 0 atom stereocenters. The van der Waals surface area contributed by atoms with Gasteiger partial charge in [-0.05, 0) is 40.3 Å². The maximum atomic E-state index is 5.46. The summed E-state index contributed by atoms with van der Waals surface area (Å²) in [6.07, 6.45) is 3.98. The first kappa shape index (κ1) is 9.01. The first-order chi connectivity index (χ1) is 5.21. The van der Waals surface area contributed by atoms with E-state index in [1.54, 1.807) is 0 Å². The molecule has 0 radical (unpaired) electrons. The lowest BCUT2D eigenvalue weighted by molar-refractivity contribution is -0.0284. The van der Waals surface area contributed by atoms with Crippen molar-refractivity contribution in [3.63, 3.8) is 0 Å². The smallest absolute Gasteiger partial charge is 0.0650 e.